The van der Waals surface area contributed by atoms with E-state index in [0.717, 1.165) is 11.1 Å². The van der Waals surface area contributed by atoms with Crippen LogP contribution in [0.3, 0.4) is 0 Å². The first-order valence-corrected chi connectivity index (χ1v) is 7.65. The molecule has 1 aromatic heterocycles. The number of ether oxygens (including phenoxy) is 1. The lowest BCUT2D eigenvalue weighted by atomic mass is 10.0. The Bertz CT molecular complexity index is 854. The van der Waals surface area contributed by atoms with Crippen molar-refractivity contribution in [3.05, 3.63) is 56.4 Å². The third-order valence-corrected chi connectivity index (χ3v) is 3.85. The summed E-state index contributed by atoms with van der Waals surface area (Å²) in [7, 11) is 0. The molecule has 0 amide bonds. The average molecular weight is 345 g/mol. The van der Waals surface area contributed by atoms with Crippen LogP contribution in [0.5, 0.6) is 0 Å². The first-order valence-electron chi connectivity index (χ1n) is 7.65. The Balaban J connectivity index is 2.00. The van der Waals surface area contributed by atoms with Gasteiger partial charge in [-0.15, -0.1) is 0 Å². The first-order chi connectivity index (χ1) is 11.7. The van der Waals surface area contributed by atoms with Gasteiger partial charge in [0.15, 0.2) is 6.61 Å². The van der Waals surface area contributed by atoms with Gasteiger partial charge in [-0.05, 0) is 33.3 Å². The first kappa shape index (κ1) is 18.3. The molecule has 0 unspecified atom stereocenters. The molecule has 0 aliphatic carbocycles. The van der Waals surface area contributed by atoms with E-state index in [4.69, 9.17) is 4.74 Å². The maximum atomic E-state index is 12.2. The van der Waals surface area contributed by atoms with Crippen molar-refractivity contribution in [1.82, 2.24) is 9.78 Å². The van der Waals surface area contributed by atoms with Gasteiger partial charge in [-0.1, -0.05) is 23.8 Å². The van der Waals surface area contributed by atoms with E-state index >= 15 is 0 Å². The predicted molar refractivity (Wildman–Crippen MR) is 89.6 cm³/mol. The summed E-state index contributed by atoms with van der Waals surface area (Å²) in [5.74, 6) is -0.983. The second-order valence-electron chi connectivity index (χ2n) is 5.84. The van der Waals surface area contributed by atoms with Crippen LogP contribution in [-0.2, 0) is 16.1 Å². The van der Waals surface area contributed by atoms with E-state index in [1.54, 1.807) is 6.07 Å². The Morgan fingerprint density at radius 2 is 1.92 bits per heavy atom. The molecule has 0 aliphatic heterocycles. The minimum Gasteiger partial charge on any atom is -0.456 e. The summed E-state index contributed by atoms with van der Waals surface area (Å²) in [6.45, 7) is 6.07. The van der Waals surface area contributed by atoms with Gasteiger partial charge >= 0.3 is 11.7 Å². The van der Waals surface area contributed by atoms with Crippen molar-refractivity contribution in [3.8, 4) is 0 Å². The van der Waals surface area contributed by atoms with Gasteiger partial charge in [0.2, 0.25) is 5.78 Å². The van der Waals surface area contributed by atoms with Crippen LogP contribution in [0.1, 0.15) is 32.9 Å². The number of carbonyl (C=O) groups is 2. The van der Waals surface area contributed by atoms with Crippen molar-refractivity contribution < 1.29 is 19.2 Å². The second kappa shape index (κ2) is 7.25. The lowest BCUT2D eigenvalue weighted by molar-refractivity contribution is -0.386. The van der Waals surface area contributed by atoms with E-state index in [1.807, 2.05) is 26.0 Å². The van der Waals surface area contributed by atoms with Crippen molar-refractivity contribution in [1.29, 1.82) is 0 Å². The summed E-state index contributed by atoms with van der Waals surface area (Å²) in [6.07, 6.45) is 0. The highest BCUT2D eigenvalue weighted by Crippen LogP contribution is 2.21. The normalized spacial score (nSPS) is 10.6. The number of aryl methyl sites for hydroxylation is 3. The van der Waals surface area contributed by atoms with Crippen LogP contribution in [0, 0.1) is 37.8 Å². The molecule has 0 saturated carbocycles. The van der Waals surface area contributed by atoms with Gasteiger partial charge in [-0.3, -0.25) is 24.4 Å². The number of hydrogen-bond acceptors (Lipinski definition) is 6. The van der Waals surface area contributed by atoms with Gasteiger partial charge in [0.05, 0.1) is 4.92 Å². The maximum Gasteiger partial charge on any atom is 0.328 e. The number of ketones is 1. The molecule has 0 bridgehead atoms. The fourth-order valence-corrected chi connectivity index (χ4v) is 2.62. The smallest absolute Gasteiger partial charge is 0.328 e. The monoisotopic (exact) mass is 345 g/mol. The van der Waals surface area contributed by atoms with Gasteiger partial charge in [-0.2, -0.15) is 5.10 Å². The molecule has 0 N–H and O–H groups in total. The Kier molecular flexibility index (Phi) is 5.31. The molecule has 2 aromatic rings. The zero-order valence-corrected chi connectivity index (χ0v) is 14.5. The highest BCUT2D eigenvalue weighted by molar-refractivity contribution is 5.99. The molecule has 0 aliphatic rings. The number of nitro groups is 1. The standard InChI is InChI=1S/C17H19N3O5/c1-10-5-6-14(11(2)7-10)15(21)9-25-16(22)8-19-13(4)17(20(23)24)12(3)18-19/h5-7H,8-9H2,1-4H3. The summed E-state index contributed by atoms with van der Waals surface area (Å²) in [4.78, 5) is 34.5. The third-order valence-electron chi connectivity index (χ3n) is 3.85. The van der Waals surface area contributed by atoms with Gasteiger partial charge in [-0.25, -0.2) is 0 Å². The predicted octanol–water partition coefficient (Wildman–Crippen LogP) is 2.45. The summed E-state index contributed by atoms with van der Waals surface area (Å²) < 4.78 is 6.20. The minimum atomic E-state index is -0.682. The molecule has 1 aromatic carbocycles. The van der Waals surface area contributed by atoms with E-state index in [2.05, 4.69) is 5.10 Å². The van der Waals surface area contributed by atoms with Crippen molar-refractivity contribution >= 4 is 17.4 Å². The van der Waals surface area contributed by atoms with Crippen molar-refractivity contribution in [2.24, 2.45) is 0 Å². The summed E-state index contributed by atoms with van der Waals surface area (Å²) in [6, 6.07) is 5.40. The molecule has 8 nitrogen and oxygen atoms in total. The molecule has 0 saturated heterocycles. The van der Waals surface area contributed by atoms with Crippen LogP contribution in [0.2, 0.25) is 0 Å². The zero-order chi connectivity index (χ0) is 18.7. The number of carbonyl (C=O) groups excluding carboxylic acids is 2. The summed E-state index contributed by atoms with van der Waals surface area (Å²) in [5.41, 5.74) is 2.72. The molecule has 8 heteroatoms. The molecule has 0 fully saturated rings. The topological polar surface area (TPSA) is 104 Å². The average Bonchev–Trinajstić information content (AvgIpc) is 2.79. The number of benzene rings is 1. The lowest BCUT2D eigenvalue weighted by Gasteiger charge is -2.08. The SMILES string of the molecule is Cc1ccc(C(=O)COC(=O)Cn2nc(C)c([N+](=O)[O-])c2C)c(C)c1. The molecule has 0 atom stereocenters. The fraction of sp³-hybridized carbons (Fsp3) is 0.353. The molecule has 132 valence electrons. The number of esters is 1. The molecule has 1 heterocycles. The van der Waals surface area contributed by atoms with Crippen molar-refractivity contribution in [2.45, 2.75) is 34.2 Å². The van der Waals surface area contributed by atoms with Gasteiger partial charge in [0.25, 0.3) is 0 Å². The van der Waals surface area contributed by atoms with Crippen LogP contribution in [0.25, 0.3) is 0 Å². The number of rotatable bonds is 6. The summed E-state index contributed by atoms with van der Waals surface area (Å²) in [5, 5.41) is 14.9. The van der Waals surface area contributed by atoms with Crippen LogP contribution < -0.4 is 0 Å². The van der Waals surface area contributed by atoms with Gasteiger partial charge in [0, 0.05) is 5.56 Å². The largest absolute Gasteiger partial charge is 0.456 e. The van der Waals surface area contributed by atoms with E-state index in [1.165, 1.54) is 18.5 Å². The molecule has 2 rings (SSSR count). The third kappa shape index (κ3) is 4.09. The second-order valence-corrected chi connectivity index (χ2v) is 5.84. The molecule has 0 spiro atoms. The van der Waals surface area contributed by atoms with Gasteiger partial charge < -0.3 is 4.74 Å². The number of hydrogen-bond donors (Lipinski definition) is 0. The van der Waals surface area contributed by atoms with Crippen LogP contribution >= 0.6 is 0 Å². The Hall–Kier alpha value is -3.03. The highest BCUT2D eigenvalue weighted by atomic mass is 16.6. The van der Waals surface area contributed by atoms with E-state index in [9.17, 15) is 19.7 Å². The quantitative estimate of drug-likeness (QED) is 0.345. The number of nitrogens with zero attached hydrogens (tertiary/aromatic N) is 3. The minimum absolute atomic E-state index is 0.126. The molecular weight excluding hydrogens is 326 g/mol. The Morgan fingerprint density at radius 3 is 2.48 bits per heavy atom. The van der Waals surface area contributed by atoms with E-state index < -0.39 is 10.9 Å². The van der Waals surface area contributed by atoms with E-state index in [-0.39, 0.29) is 36.0 Å². The Morgan fingerprint density at radius 1 is 1.24 bits per heavy atom. The lowest BCUT2D eigenvalue weighted by Crippen LogP contribution is -2.20. The zero-order valence-electron chi connectivity index (χ0n) is 14.5. The van der Waals surface area contributed by atoms with Crippen LogP contribution in [-0.4, -0.2) is 33.1 Å². The Labute approximate surface area is 144 Å². The molecular formula is C17H19N3O5. The van der Waals surface area contributed by atoms with E-state index in [0.29, 0.717) is 5.56 Å². The van der Waals surface area contributed by atoms with Crippen molar-refractivity contribution in [2.75, 3.05) is 6.61 Å². The molecule has 25 heavy (non-hydrogen) atoms. The summed E-state index contributed by atoms with van der Waals surface area (Å²) >= 11 is 0. The van der Waals surface area contributed by atoms with Crippen LogP contribution in [0.15, 0.2) is 18.2 Å². The van der Waals surface area contributed by atoms with Gasteiger partial charge in [0.1, 0.15) is 17.9 Å². The number of aromatic nitrogens is 2. The fourth-order valence-electron chi connectivity index (χ4n) is 2.62. The van der Waals surface area contributed by atoms with Crippen molar-refractivity contribution in [3.63, 3.8) is 0 Å². The number of Topliss-reactive ketones (excluding diaryl/α,β-unsaturated/α-hetero) is 1. The highest BCUT2D eigenvalue weighted by Gasteiger charge is 2.23. The van der Waals surface area contributed by atoms with Crippen LogP contribution in [0.4, 0.5) is 5.69 Å². The molecule has 0 radical (unpaired) electrons. The maximum absolute atomic E-state index is 12.2.